The molecule has 0 bridgehead atoms. The molecular weight excluding hydrogens is 600 g/mol. The summed E-state index contributed by atoms with van der Waals surface area (Å²) in [5, 5.41) is 4.80. The number of ether oxygens (including phenoxy) is 4. The van der Waals surface area contributed by atoms with E-state index in [-0.39, 0.29) is 17.0 Å². The second kappa shape index (κ2) is 11.6. The predicted octanol–water partition coefficient (Wildman–Crippen LogP) is 5.09. The fraction of sp³-hybridized carbons (Fsp3) is 0.771. The fourth-order valence-corrected chi connectivity index (χ4v) is 8.97. The molecule has 256 valence electrons. The van der Waals surface area contributed by atoms with Crippen LogP contribution in [0.1, 0.15) is 96.2 Å². The average Bonchev–Trinajstić information content (AvgIpc) is 3.39. The lowest BCUT2D eigenvalue weighted by Gasteiger charge is -2.50. The van der Waals surface area contributed by atoms with E-state index in [4.69, 9.17) is 38.6 Å². The molecule has 8 rings (SSSR count). The van der Waals surface area contributed by atoms with Gasteiger partial charge in [0.1, 0.15) is 23.7 Å². The molecule has 1 amide bonds. The van der Waals surface area contributed by atoms with Gasteiger partial charge in [0, 0.05) is 43.7 Å². The smallest absolute Gasteiger partial charge is 0.410 e. The third kappa shape index (κ3) is 5.48. The summed E-state index contributed by atoms with van der Waals surface area (Å²) in [5.41, 5.74) is 1.69. The first-order valence-corrected chi connectivity index (χ1v) is 17.9. The first-order chi connectivity index (χ1) is 22.6. The van der Waals surface area contributed by atoms with Crippen molar-refractivity contribution in [2.45, 2.75) is 120 Å². The van der Waals surface area contributed by atoms with Gasteiger partial charge in [-0.1, -0.05) is 11.6 Å². The monoisotopic (exact) mass is 650 g/mol. The molecule has 12 heteroatoms. The van der Waals surface area contributed by atoms with Crippen LogP contribution in [0.5, 0.6) is 6.01 Å². The van der Waals surface area contributed by atoms with Crippen molar-refractivity contribution in [1.29, 1.82) is 0 Å². The molecule has 5 fully saturated rings. The van der Waals surface area contributed by atoms with Gasteiger partial charge in [0.2, 0.25) is 0 Å². The highest BCUT2D eigenvalue weighted by atomic mass is 16.7. The van der Waals surface area contributed by atoms with Crippen LogP contribution in [-0.2, 0) is 26.0 Å². The Balaban J connectivity index is 1.13. The number of carbonyl (C=O) groups excluding carboxylic acids is 1. The zero-order valence-corrected chi connectivity index (χ0v) is 28.5. The number of amides is 1. The van der Waals surface area contributed by atoms with Gasteiger partial charge in [0.25, 0.3) is 0 Å². The van der Waals surface area contributed by atoms with Crippen molar-refractivity contribution in [2.24, 2.45) is 0 Å². The largest absolute Gasteiger partial charge is 0.462 e. The predicted molar refractivity (Wildman–Crippen MR) is 174 cm³/mol. The van der Waals surface area contributed by atoms with Gasteiger partial charge in [-0.2, -0.15) is 9.97 Å². The molecule has 0 N–H and O–H groups in total. The average molecular weight is 651 g/mol. The van der Waals surface area contributed by atoms with E-state index in [1.54, 1.807) is 0 Å². The lowest BCUT2D eigenvalue weighted by Crippen LogP contribution is -2.58. The Morgan fingerprint density at radius 3 is 2.53 bits per heavy atom. The maximum Gasteiger partial charge on any atom is 0.410 e. The number of rotatable bonds is 5. The van der Waals surface area contributed by atoms with Gasteiger partial charge in [-0.25, -0.2) is 4.79 Å². The maximum atomic E-state index is 13.2. The van der Waals surface area contributed by atoms with Crippen LogP contribution in [0.2, 0.25) is 0 Å². The quantitative estimate of drug-likeness (QED) is 0.431. The zero-order valence-electron chi connectivity index (χ0n) is 28.5. The van der Waals surface area contributed by atoms with E-state index in [0.29, 0.717) is 63.0 Å². The minimum absolute atomic E-state index is 0.236. The van der Waals surface area contributed by atoms with Crippen LogP contribution in [0, 0.1) is 0 Å². The molecule has 2 atom stereocenters. The van der Waals surface area contributed by atoms with Gasteiger partial charge in [0.15, 0.2) is 11.5 Å². The number of likely N-dealkylation sites (N-methyl/N-ethyl adjacent to an activating group) is 1. The van der Waals surface area contributed by atoms with Crippen LogP contribution >= 0.6 is 0 Å². The number of hydrogen-bond donors (Lipinski definition) is 0. The summed E-state index contributed by atoms with van der Waals surface area (Å²) in [6.45, 7) is 10.5. The molecular formula is C35H50N6O6. The van der Waals surface area contributed by atoms with Gasteiger partial charge in [-0.05, 0) is 92.2 Å². The van der Waals surface area contributed by atoms with Crippen molar-refractivity contribution in [3.8, 4) is 17.5 Å². The van der Waals surface area contributed by atoms with E-state index in [2.05, 4.69) is 16.8 Å². The van der Waals surface area contributed by atoms with Crippen LogP contribution in [0.3, 0.4) is 0 Å². The Bertz CT molecular complexity index is 1500. The Morgan fingerprint density at radius 1 is 1.00 bits per heavy atom. The highest BCUT2D eigenvalue weighted by Gasteiger charge is 2.61. The van der Waals surface area contributed by atoms with Gasteiger partial charge in [0.05, 0.1) is 29.9 Å². The number of aromatic nitrogens is 3. The Hall–Kier alpha value is -2.96. The maximum absolute atomic E-state index is 13.2. The first-order valence-electron chi connectivity index (χ1n) is 17.9. The highest BCUT2D eigenvalue weighted by Crippen LogP contribution is 2.57. The Morgan fingerprint density at radius 2 is 1.79 bits per heavy atom. The Labute approximate surface area is 277 Å². The highest BCUT2D eigenvalue weighted by molar-refractivity contribution is 5.71. The van der Waals surface area contributed by atoms with Crippen molar-refractivity contribution in [3.05, 3.63) is 17.3 Å². The first kappa shape index (κ1) is 31.3. The molecule has 3 aliphatic heterocycles. The van der Waals surface area contributed by atoms with E-state index in [1.165, 1.54) is 6.42 Å². The zero-order chi connectivity index (χ0) is 32.4. The molecule has 47 heavy (non-hydrogen) atoms. The number of nitrogens with zero attached hydrogens (tertiary/aromatic N) is 6. The normalized spacial score (nSPS) is 28.3. The molecule has 6 aliphatic rings. The summed E-state index contributed by atoms with van der Waals surface area (Å²) < 4.78 is 31.3. The minimum Gasteiger partial charge on any atom is -0.462 e. The van der Waals surface area contributed by atoms with Crippen molar-refractivity contribution in [1.82, 2.24) is 24.9 Å². The van der Waals surface area contributed by atoms with Gasteiger partial charge in [-0.15, -0.1) is 0 Å². The summed E-state index contributed by atoms with van der Waals surface area (Å²) in [7, 11) is 2.15. The molecule has 0 radical (unpaired) electrons. The van der Waals surface area contributed by atoms with E-state index in [0.717, 1.165) is 87.8 Å². The molecule has 2 saturated carbocycles. The second-order valence-corrected chi connectivity index (χ2v) is 15.7. The summed E-state index contributed by atoms with van der Waals surface area (Å²) >= 11 is 0. The molecule has 0 aromatic carbocycles. The molecule has 2 aromatic rings. The topological polar surface area (TPSA) is 116 Å². The van der Waals surface area contributed by atoms with Crippen LogP contribution in [0.15, 0.2) is 10.6 Å². The van der Waals surface area contributed by atoms with Crippen LogP contribution in [0.25, 0.3) is 11.5 Å². The van der Waals surface area contributed by atoms with Crippen LogP contribution < -0.4 is 9.64 Å². The number of likely N-dealkylation sites (tertiary alicyclic amines) is 1. The molecule has 0 unspecified atom stereocenters. The summed E-state index contributed by atoms with van der Waals surface area (Å²) in [6.07, 6.45) is 10.9. The number of anilines is 1. The number of carbonyl (C=O) groups is 1. The third-order valence-electron chi connectivity index (χ3n) is 11.5. The van der Waals surface area contributed by atoms with Crippen molar-refractivity contribution >= 4 is 11.9 Å². The van der Waals surface area contributed by atoms with E-state index < -0.39 is 11.4 Å². The van der Waals surface area contributed by atoms with Crippen molar-refractivity contribution in [3.63, 3.8) is 0 Å². The number of fused-ring (bicyclic) bond motifs is 3. The van der Waals surface area contributed by atoms with Crippen LogP contribution in [-0.4, -0.2) is 107 Å². The molecule has 3 spiro atoms. The van der Waals surface area contributed by atoms with E-state index >= 15 is 0 Å². The third-order valence-corrected chi connectivity index (χ3v) is 11.5. The van der Waals surface area contributed by atoms with Crippen molar-refractivity contribution < 1.29 is 28.3 Å². The molecule has 3 saturated heterocycles. The lowest BCUT2D eigenvalue weighted by atomic mass is 9.61. The lowest BCUT2D eigenvalue weighted by molar-refractivity contribution is -0.231. The van der Waals surface area contributed by atoms with Gasteiger partial charge < -0.3 is 33.3 Å². The molecule has 3 aliphatic carbocycles. The summed E-state index contributed by atoms with van der Waals surface area (Å²) in [5.74, 6) is 0.851. The molecule has 12 nitrogen and oxygen atoms in total. The fourth-order valence-electron chi connectivity index (χ4n) is 8.97. The SMILES string of the molecule is CN1CCC[C@H]1COc1nc(-c2onc3c2CCC[C@@]32CCCCC23OCCO3)cc(N2CCN(C(=O)OC(C)(C)C)C3(CC3)C2)n1. The second-order valence-electron chi connectivity index (χ2n) is 15.7. The summed E-state index contributed by atoms with van der Waals surface area (Å²) in [6, 6.07) is 2.71. The summed E-state index contributed by atoms with van der Waals surface area (Å²) in [4.78, 5) is 29.6. The van der Waals surface area contributed by atoms with Crippen molar-refractivity contribution in [2.75, 3.05) is 57.9 Å². The Kier molecular flexibility index (Phi) is 7.72. The van der Waals surface area contributed by atoms with Gasteiger partial charge >= 0.3 is 12.1 Å². The molecule has 2 aromatic heterocycles. The minimum atomic E-state index is -0.626. The van der Waals surface area contributed by atoms with E-state index in [1.807, 2.05) is 31.7 Å². The van der Waals surface area contributed by atoms with Gasteiger partial charge in [-0.3, -0.25) is 4.90 Å². The number of hydrogen-bond acceptors (Lipinski definition) is 11. The standard InChI is InChI=1S/C35H50N6O6/c1-32(2,3)46-31(42)41-18-17-40(23-33(41)14-15-33)27-21-26(36-30(37-27)43-22-24-9-8-16-39(24)4)28-25-10-7-12-34(29(25)38-47-28)11-5-6-13-35(34)44-19-20-45-35/h21,24H,5-20,22-23H2,1-4H3/t24-,34-/m0/s1. The van der Waals surface area contributed by atoms with E-state index in [9.17, 15) is 4.79 Å². The van der Waals surface area contributed by atoms with Crippen LogP contribution in [0.4, 0.5) is 10.6 Å². The molecule has 5 heterocycles. The number of piperazine rings is 1.